The van der Waals surface area contributed by atoms with E-state index in [4.69, 9.17) is 11.6 Å². The third-order valence-electron chi connectivity index (χ3n) is 6.43. The summed E-state index contributed by atoms with van der Waals surface area (Å²) >= 11 is 9.85. The number of alkyl halides is 1. The van der Waals surface area contributed by atoms with Crippen molar-refractivity contribution in [3.8, 4) is 0 Å². The summed E-state index contributed by atoms with van der Waals surface area (Å²) in [5.41, 5.74) is 1.74. The largest absolute Gasteiger partial charge is 0.325 e. The van der Waals surface area contributed by atoms with Crippen LogP contribution < -0.4 is 5.32 Å². The zero-order valence-electron chi connectivity index (χ0n) is 12.9. The van der Waals surface area contributed by atoms with Gasteiger partial charge in [-0.15, -0.1) is 0 Å². The van der Waals surface area contributed by atoms with Gasteiger partial charge in [0.15, 0.2) is 0 Å². The van der Waals surface area contributed by atoms with Crippen molar-refractivity contribution >= 4 is 39.1 Å². The maximum Gasteiger partial charge on any atom is 0.232 e. The van der Waals surface area contributed by atoms with Crippen molar-refractivity contribution in [3.63, 3.8) is 0 Å². The van der Waals surface area contributed by atoms with Gasteiger partial charge in [0.05, 0.1) is 5.41 Å². The molecule has 114 valence electrons. The zero-order valence-corrected chi connectivity index (χ0v) is 15.2. The minimum Gasteiger partial charge on any atom is -0.325 e. The number of hydrogen-bond donors (Lipinski definition) is 1. The van der Waals surface area contributed by atoms with Crippen LogP contribution in [0.3, 0.4) is 0 Å². The van der Waals surface area contributed by atoms with Gasteiger partial charge in [0.2, 0.25) is 5.91 Å². The van der Waals surface area contributed by atoms with Crippen LogP contribution in [0.5, 0.6) is 0 Å². The average molecular weight is 371 g/mol. The molecule has 4 rings (SSSR count). The van der Waals surface area contributed by atoms with Gasteiger partial charge in [0, 0.05) is 15.5 Å². The van der Waals surface area contributed by atoms with E-state index >= 15 is 0 Å². The first-order chi connectivity index (χ1) is 9.67. The highest BCUT2D eigenvalue weighted by molar-refractivity contribution is 9.09. The van der Waals surface area contributed by atoms with E-state index in [2.05, 4.69) is 42.0 Å². The normalized spacial score (nSPS) is 36.2. The topological polar surface area (TPSA) is 29.1 Å². The molecule has 0 aliphatic heterocycles. The molecular formula is C17H21BrClNO. The maximum atomic E-state index is 13.0. The highest BCUT2D eigenvalue weighted by Gasteiger charge is 2.80. The van der Waals surface area contributed by atoms with Crippen molar-refractivity contribution in [2.75, 3.05) is 5.32 Å². The molecule has 3 atom stereocenters. The first-order valence-corrected chi connectivity index (χ1v) is 8.68. The van der Waals surface area contributed by atoms with Gasteiger partial charge >= 0.3 is 0 Å². The van der Waals surface area contributed by atoms with Gasteiger partial charge in [0.1, 0.15) is 0 Å². The van der Waals surface area contributed by atoms with Crippen LogP contribution in [0.4, 0.5) is 5.69 Å². The number of hydrogen-bond acceptors (Lipinski definition) is 1. The number of rotatable bonds is 2. The molecule has 1 aromatic rings. The molecule has 3 aliphatic carbocycles. The molecule has 0 aromatic heterocycles. The first-order valence-electron chi connectivity index (χ1n) is 7.38. The predicted octanol–water partition coefficient (Wildman–Crippen LogP) is 5.18. The lowest BCUT2D eigenvalue weighted by molar-refractivity contribution is -0.156. The number of carbonyl (C=O) groups is 1. The molecule has 21 heavy (non-hydrogen) atoms. The maximum absolute atomic E-state index is 13.0. The third-order valence-corrected chi connectivity index (χ3v) is 8.45. The van der Waals surface area contributed by atoms with Gasteiger partial charge < -0.3 is 5.32 Å². The van der Waals surface area contributed by atoms with Gasteiger partial charge in [-0.3, -0.25) is 4.79 Å². The molecule has 3 aliphatic rings. The summed E-state index contributed by atoms with van der Waals surface area (Å²) in [5.74, 6) is 0.120. The fourth-order valence-electron chi connectivity index (χ4n) is 4.42. The monoisotopic (exact) mass is 369 g/mol. The van der Waals surface area contributed by atoms with Crippen molar-refractivity contribution in [1.29, 1.82) is 0 Å². The Labute approximate surface area is 139 Å². The van der Waals surface area contributed by atoms with Gasteiger partial charge in [-0.1, -0.05) is 54.4 Å². The van der Waals surface area contributed by atoms with Crippen LogP contribution in [0.2, 0.25) is 5.02 Å². The molecule has 1 amide bonds. The standard InChI is InChI=1S/C17H21BrClNO/c1-10-5-6-11(19)9-12(10)20-14(21)17-8-7-16(4,13(17)18)15(17,2)3/h5-6,9,13H,7-8H2,1-4H3,(H,20,21). The summed E-state index contributed by atoms with van der Waals surface area (Å²) in [6.45, 7) is 8.72. The molecular weight excluding hydrogens is 350 g/mol. The van der Waals surface area contributed by atoms with Crippen LogP contribution in [0.15, 0.2) is 18.2 Å². The Morgan fingerprint density at radius 1 is 1.33 bits per heavy atom. The number of aryl methyl sites for hydroxylation is 1. The molecule has 4 heteroatoms. The number of carbonyl (C=O) groups excluding carboxylic acids is 1. The van der Waals surface area contributed by atoms with Crippen molar-refractivity contribution < 1.29 is 4.79 Å². The van der Waals surface area contributed by atoms with E-state index in [9.17, 15) is 4.79 Å². The highest BCUT2D eigenvalue weighted by Crippen LogP contribution is 2.79. The Bertz CT molecular complexity index is 629. The molecule has 3 unspecified atom stereocenters. The van der Waals surface area contributed by atoms with Crippen molar-refractivity contribution in [3.05, 3.63) is 28.8 Å². The Balaban J connectivity index is 1.92. The Morgan fingerprint density at radius 2 is 2.00 bits per heavy atom. The summed E-state index contributed by atoms with van der Waals surface area (Å²) in [6.07, 6.45) is 2.04. The van der Waals surface area contributed by atoms with Crippen LogP contribution in [0.25, 0.3) is 0 Å². The average Bonchev–Trinajstić information content (AvgIpc) is 2.82. The van der Waals surface area contributed by atoms with E-state index in [-0.39, 0.29) is 27.0 Å². The second-order valence-corrected chi connectivity index (χ2v) is 8.64. The lowest BCUT2D eigenvalue weighted by Crippen LogP contribution is -2.68. The van der Waals surface area contributed by atoms with Gasteiger partial charge in [-0.05, 0) is 48.3 Å². The Morgan fingerprint density at radius 3 is 2.52 bits per heavy atom. The molecule has 3 saturated carbocycles. The molecule has 0 spiro atoms. The van der Waals surface area contributed by atoms with Crippen LogP contribution in [0, 0.1) is 23.2 Å². The first kappa shape index (κ1) is 15.4. The highest BCUT2D eigenvalue weighted by atomic mass is 79.9. The quantitative estimate of drug-likeness (QED) is 0.714. The van der Waals surface area contributed by atoms with Crippen LogP contribution in [-0.2, 0) is 4.79 Å². The van der Waals surface area contributed by atoms with Crippen LogP contribution >= 0.6 is 27.5 Å². The van der Waals surface area contributed by atoms with Crippen LogP contribution in [-0.4, -0.2) is 10.7 Å². The second kappa shape index (κ2) is 4.48. The number of benzene rings is 1. The minimum atomic E-state index is -0.323. The minimum absolute atomic E-state index is 0.00469. The fourth-order valence-corrected chi connectivity index (χ4v) is 6.40. The van der Waals surface area contributed by atoms with Crippen molar-refractivity contribution in [1.82, 2.24) is 0 Å². The number of nitrogens with one attached hydrogen (secondary N) is 1. The van der Waals surface area contributed by atoms with Gasteiger partial charge in [0.25, 0.3) is 0 Å². The summed E-state index contributed by atoms with van der Waals surface area (Å²) in [7, 11) is 0. The SMILES string of the molecule is Cc1ccc(Cl)cc1NC(=O)C12CCC(C)(C1Br)C2(C)C. The number of halogens is 2. The van der Waals surface area contributed by atoms with Crippen molar-refractivity contribution in [2.24, 2.45) is 16.2 Å². The second-order valence-electron chi connectivity index (χ2n) is 7.29. The third kappa shape index (κ3) is 1.68. The smallest absolute Gasteiger partial charge is 0.232 e. The number of anilines is 1. The van der Waals surface area contributed by atoms with E-state index in [1.807, 2.05) is 25.1 Å². The van der Waals surface area contributed by atoms with E-state index in [0.29, 0.717) is 5.02 Å². The van der Waals surface area contributed by atoms with Gasteiger partial charge in [-0.2, -0.15) is 0 Å². The lowest BCUT2D eigenvalue weighted by atomic mass is 9.43. The molecule has 0 heterocycles. The fraction of sp³-hybridized carbons (Fsp3) is 0.588. The molecule has 1 aromatic carbocycles. The van der Waals surface area contributed by atoms with Crippen molar-refractivity contribution in [2.45, 2.75) is 45.4 Å². The number of amides is 1. The molecule has 1 N–H and O–H groups in total. The molecule has 0 radical (unpaired) electrons. The summed E-state index contributed by atoms with van der Waals surface area (Å²) in [6, 6.07) is 5.61. The van der Waals surface area contributed by atoms with E-state index < -0.39 is 0 Å². The van der Waals surface area contributed by atoms with E-state index in [1.165, 1.54) is 0 Å². The molecule has 2 nitrogen and oxygen atoms in total. The Kier molecular flexibility index (Phi) is 3.28. The lowest BCUT2D eigenvalue weighted by Gasteiger charge is -2.64. The summed E-state index contributed by atoms with van der Waals surface area (Å²) in [5, 5.41) is 3.77. The summed E-state index contributed by atoms with van der Waals surface area (Å²) in [4.78, 5) is 13.3. The summed E-state index contributed by atoms with van der Waals surface area (Å²) < 4.78 is 0. The number of fused-ring (bicyclic) bond motifs is 1. The Hall–Kier alpha value is -0.540. The van der Waals surface area contributed by atoms with E-state index in [0.717, 1.165) is 24.1 Å². The van der Waals surface area contributed by atoms with E-state index in [1.54, 1.807) is 0 Å². The molecule has 0 saturated heterocycles. The molecule has 3 fully saturated rings. The van der Waals surface area contributed by atoms with Gasteiger partial charge in [-0.25, -0.2) is 0 Å². The predicted molar refractivity (Wildman–Crippen MR) is 91.1 cm³/mol. The zero-order chi connectivity index (χ0) is 15.6. The molecule has 2 bridgehead atoms. The van der Waals surface area contributed by atoms with Crippen LogP contribution in [0.1, 0.15) is 39.2 Å².